The second kappa shape index (κ2) is 4.85. The van der Waals surface area contributed by atoms with Gasteiger partial charge < -0.3 is 14.8 Å². The van der Waals surface area contributed by atoms with Crippen LogP contribution < -0.4 is 10.6 Å². The Bertz CT molecular complexity index is 588. The van der Waals surface area contributed by atoms with E-state index < -0.39 is 0 Å². The molecule has 1 unspecified atom stereocenters. The lowest BCUT2D eigenvalue weighted by atomic mass is 10.0. The number of carbonyl (C=O) groups is 1. The summed E-state index contributed by atoms with van der Waals surface area (Å²) in [7, 11) is 0. The van der Waals surface area contributed by atoms with Crippen LogP contribution in [0.15, 0.2) is 16.9 Å². The Morgan fingerprint density at radius 1 is 1.63 bits per heavy atom. The lowest BCUT2D eigenvalue weighted by Crippen LogP contribution is -2.47. The highest BCUT2D eigenvalue weighted by atomic mass is 16.5. The molecule has 19 heavy (non-hydrogen) atoms. The van der Waals surface area contributed by atoms with Gasteiger partial charge >= 0.3 is 0 Å². The maximum Gasteiger partial charge on any atom is 0.237 e. The predicted molar refractivity (Wildman–Crippen MR) is 66.0 cm³/mol. The summed E-state index contributed by atoms with van der Waals surface area (Å²) in [6.07, 6.45) is 2.26. The van der Waals surface area contributed by atoms with Gasteiger partial charge in [-0.05, 0) is 6.92 Å². The van der Waals surface area contributed by atoms with Crippen molar-refractivity contribution in [1.82, 2.24) is 25.8 Å². The molecule has 0 saturated heterocycles. The van der Waals surface area contributed by atoms with E-state index in [1.165, 1.54) is 0 Å². The van der Waals surface area contributed by atoms with E-state index in [4.69, 9.17) is 4.52 Å². The Kier molecular flexibility index (Phi) is 3.04. The molecular weight excluding hydrogens is 246 g/mol. The first-order chi connectivity index (χ1) is 9.22. The summed E-state index contributed by atoms with van der Waals surface area (Å²) in [5, 5.41) is 9.85. The van der Waals surface area contributed by atoms with Crippen molar-refractivity contribution in [2.24, 2.45) is 0 Å². The van der Waals surface area contributed by atoms with Gasteiger partial charge in [-0.15, -0.1) is 0 Å². The molecule has 1 aliphatic rings. The maximum absolute atomic E-state index is 12.0. The fraction of sp³-hybridized carbons (Fsp3) is 0.417. The Morgan fingerprint density at radius 2 is 2.53 bits per heavy atom. The van der Waals surface area contributed by atoms with Crippen LogP contribution in [0.4, 0.5) is 0 Å². The Labute approximate surface area is 109 Å². The van der Waals surface area contributed by atoms with Crippen molar-refractivity contribution >= 4 is 5.91 Å². The molecule has 100 valence electrons. The number of aryl methyl sites for hydroxylation is 1. The normalized spacial score (nSPS) is 18.1. The summed E-state index contributed by atoms with van der Waals surface area (Å²) in [6, 6.07) is 1.56. The fourth-order valence-corrected chi connectivity index (χ4v) is 2.16. The number of rotatable bonds is 3. The molecule has 7 nitrogen and oxygen atoms in total. The number of aromatic amines is 1. The van der Waals surface area contributed by atoms with Crippen LogP contribution >= 0.6 is 0 Å². The van der Waals surface area contributed by atoms with Crippen molar-refractivity contribution in [3.63, 3.8) is 0 Å². The molecule has 0 saturated carbocycles. The summed E-state index contributed by atoms with van der Waals surface area (Å²) in [5.74, 6) is 0.690. The van der Waals surface area contributed by atoms with E-state index in [-0.39, 0.29) is 11.9 Å². The zero-order valence-electron chi connectivity index (χ0n) is 10.6. The Morgan fingerprint density at radius 3 is 3.32 bits per heavy atom. The highest BCUT2D eigenvalue weighted by Gasteiger charge is 2.25. The van der Waals surface area contributed by atoms with Crippen molar-refractivity contribution in [3.8, 4) is 0 Å². The average Bonchev–Trinajstić information content (AvgIpc) is 3.03. The number of imidazole rings is 1. The first kappa shape index (κ1) is 11.9. The number of nitrogens with one attached hydrogen (secondary N) is 3. The second-order valence-electron chi connectivity index (χ2n) is 4.61. The number of amides is 1. The summed E-state index contributed by atoms with van der Waals surface area (Å²) in [5.41, 5.74) is 2.73. The Balaban J connectivity index is 1.57. The molecule has 3 rings (SSSR count). The quantitative estimate of drug-likeness (QED) is 0.725. The van der Waals surface area contributed by atoms with Crippen LogP contribution in [0, 0.1) is 6.92 Å². The zero-order valence-corrected chi connectivity index (χ0v) is 10.6. The van der Waals surface area contributed by atoms with Crippen molar-refractivity contribution in [1.29, 1.82) is 0 Å². The van der Waals surface area contributed by atoms with Crippen LogP contribution in [0.5, 0.6) is 0 Å². The van der Waals surface area contributed by atoms with E-state index >= 15 is 0 Å². The molecule has 0 radical (unpaired) electrons. The van der Waals surface area contributed by atoms with Crippen LogP contribution in [0.25, 0.3) is 0 Å². The zero-order chi connectivity index (χ0) is 13.2. The maximum atomic E-state index is 12.0. The lowest BCUT2D eigenvalue weighted by molar-refractivity contribution is -0.123. The van der Waals surface area contributed by atoms with Gasteiger partial charge in [0.1, 0.15) is 11.5 Å². The molecule has 2 aromatic heterocycles. The molecule has 0 bridgehead atoms. The summed E-state index contributed by atoms with van der Waals surface area (Å²) in [6.45, 7) is 2.83. The highest BCUT2D eigenvalue weighted by Crippen LogP contribution is 2.12. The second-order valence-corrected chi connectivity index (χ2v) is 4.61. The lowest BCUT2D eigenvalue weighted by Gasteiger charge is -2.21. The monoisotopic (exact) mass is 261 g/mol. The van der Waals surface area contributed by atoms with Gasteiger partial charge in [-0.25, -0.2) is 4.98 Å². The van der Waals surface area contributed by atoms with E-state index in [1.807, 2.05) is 6.92 Å². The van der Waals surface area contributed by atoms with Crippen LogP contribution in [0.3, 0.4) is 0 Å². The molecule has 0 spiro atoms. The number of H-pyrrole nitrogens is 1. The predicted octanol–water partition coefficient (Wildman–Crippen LogP) is 0.0368. The molecular formula is C12H15N5O2. The summed E-state index contributed by atoms with van der Waals surface area (Å²) < 4.78 is 4.95. The number of nitrogens with zero attached hydrogens (tertiary/aromatic N) is 2. The molecule has 3 N–H and O–H groups in total. The third kappa shape index (κ3) is 2.50. The largest absolute Gasteiger partial charge is 0.361 e. The number of carbonyl (C=O) groups excluding carboxylic acids is 1. The van der Waals surface area contributed by atoms with E-state index in [9.17, 15) is 4.79 Å². The molecule has 7 heteroatoms. The van der Waals surface area contributed by atoms with Gasteiger partial charge in [0.15, 0.2) is 0 Å². The van der Waals surface area contributed by atoms with E-state index in [0.717, 1.165) is 22.8 Å². The smallest absolute Gasteiger partial charge is 0.237 e. The topological polar surface area (TPSA) is 95.8 Å². The van der Waals surface area contributed by atoms with Gasteiger partial charge in [0.25, 0.3) is 0 Å². The molecule has 1 atom stereocenters. The van der Waals surface area contributed by atoms with E-state index in [1.54, 1.807) is 12.4 Å². The van der Waals surface area contributed by atoms with Crippen molar-refractivity contribution in [3.05, 3.63) is 35.2 Å². The molecule has 2 aromatic rings. The molecule has 3 heterocycles. The third-order valence-electron chi connectivity index (χ3n) is 3.17. The average molecular weight is 261 g/mol. The first-order valence-corrected chi connectivity index (χ1v) is 6.17. The number of aromatic nitrogens is 3. The first-order valence-electron chi connectivity index (χ1n) is 6.17. The minimum atomic E-state index is -0.246. The van der Waals surface area contributed by atoms with Crippen molar-refractivity contribution < 1.29 is 9.32 Å². The van der Waals surface area contributed by atoms with Crippen LogP contribution in [-0.4, -0.2) is 27.1 Å². The van der Waals surface area contributed by atoms with E-state index in [2.05, 4.69) is 25.8 Å². The summed E-state index contributed by atoms with van der Waals surface area (Å²) >= 11 is 0. The van der Waals surface area contributed by atoms with Gasteiger partial charge in [-0.1, -0.05) is 5.16 Å². The molecule has 1 amide bonds. The molecule has 0 aliphatic carbocycles. The van der Waals surface area contributed by atoms with E-state index in [0.29, 0.717) is 19.5 Å². The SMILES string of the molecule is Cc1cc(CNC(=O)C2Cc3nc[nH]c3CN2)no1. The Hall–Kier alpha value is -2.15. The highest BCUT2D eigenvalue weighted by molar-refractivity contribution is 5.82. The van der Waals surface area contributed by atoms with Crippen molar-refractivity contribution in [2.75, 3.05) is 0 Å². The molecule has 0 aromatic carbocycles. The van der Waals surface area contributed by atoms with Gasteiger partial charge in [0.2, 0.25) is 5.91 Å². The molecule has 0 fully saturated rings. The number of hydrogen-bond acceptors (Lipinski definition) is 5. The van der Waals surface area contributed by atoms with Crippen LogP contribution in [0.1, 0.15) is 22.8 Å². The minimum Gasteiger partial charge on any atom is -0.361 e. The van der Waals surface area contributed by atoms with Gasteiger partial charge in [-0.2, -0.15) is 0 Å². The van der Waals surface area contributed by atoms with Gasteiger partial charge in [-0.3, -0.25) is 10.1 Å². The number of hydrogen-bond donors (Lipinski definition) is 3. The third-order valence-corrected chi connectivity index (χ3v) is 3.17. The number of fused-ring (bicyclic) bond motifs is 1. The van der Waals surface area contributed by atoms with Crippen molar-refractivity contribution in [2.45, 2.75) is 32.5 Å². The van der Waals surface area contributed by atoms with Gasteiger partial charge in [0, 0.05) is 19.0 Å². The van der Waals surface area contributed by atoms with Crippen LogP contribution in [-0.2, 0) is 24.3 Å². The summed E-state index contributed by atoms with van der Waals surface area (Å²) in [4.78, 5) is 19.3. The fourth-order valence-electron chi connectivity index (χ4n) is 2.16. The minimum absolute atomic E-state index is 0.0469. The van der Waals surface area contributed by atoms with Crippen LogP contribution in [0.2, 0.25) is 0 Å². The molecule has 1 aliphatic heterocycles. The standard InChI is InChI=1S/C12H15N5O2/c1-7-2-8(17-19-7)4-14-12(18)10-3-9-11(5-13-10)16-6-15-9/h2,6,10,13H,3-5H2,1H3,(H,14,18)(H,15,16). The van der Waals surface area contributed by atoms with Gasteiger partial charge in [0.05, 0.1) is 30.3 Å².